The molecule has 0 spiro atoms. The monoisotopic (exact) mass is 332 g/mol. The van der Waals surface area contributed by atoms with Gasteiger partial charge < -0.3 is 10.1 Å². The maximum atomic E-state index is 12.3. The molecular formula is C17H17ClN2O3. The summed E-state index contributed by atoms with van der Waals surface area (Å²) in [6, 6.07) is 8.83. The molecular weight excluding hydrogens is 316 g/mol. The molecule has 1 aromatic carbocycles. The summed E-state index contributed by atoms with van der Waals surface area (Å²) in [5.41, 5.74) is 0.927. The molecule has 5 nitrogen and oxygen atoms in total. The van der Waals surface area contributed by atoms with Crippen molar-refractivity contribution in [1.82, 2.24) is 10.3 Å². The smallest absolute Gasteiger partial charge is 0.339 e. The summed E-state index contributed by atoms with van der Waals surface area (Å²) >= 11 is 5.95. The van der Waals surface area contributed by atoms with Gasteiger partial charge in [0.25, 0.3) is 5.91 Å². The van der Waals surface area contributed by atoms with E-state index in [1.165, 1.54) is 6.07 Å². The molecule has 1 N–H and O–H groups in total. The largest absolute Gasteiger partial charge is 0.452 e. The van der Waals surface area contributed by atoms with E-state index in [-0.39, 0.29) is 23.7 Å². The highest BCUT2D eigenvalue weighted by Crippen LogP contribution is 2.21. The van der Waals surface area contributed by atoms with E-state index >= 15 is 0 Å². The molecule has 1 amide bonds. The van der Waals surface area contributed by atoms with Crippen LogP contribution < -0.4 is 5.32 Å². The van der Waals surface area contributed by atoms with E-state index < -0.39 is 5.97 Å². The first-order chi connectivity index (χ1) is 11.1. The van der Waals surface area contributed by atoms with Crippen LogP contribution in [-0.4, -0.2) is 29.5 Å². The molecule has 3 rings (SSSR count). The van der Waals surface area contributed by atoms with Gasteiger partial charge in [0.1, 0.15) is 5.15 Å². The summed E-state index contributed by atoms with van der Waals surface area (Å²) in [5.74, 6) is -0.846. The van der Waals surface area contributed by atoms with E-state index in [0.717, 1.165) is 25.7 Å². The highest BCUT2D eigenvalue weighted by molar-refractivity contribution is 6.30. The Hall–Kier alpha value is -2.14. The molecule has 1 aliphatic carbocycles. The fraction of sp³-hybridized carbons (Fsp3) is 0.353. The maximum absolute atomic E-state index is 12.3. The van der Waals surface area contributed by atoms with Crippen LogP contribution in [0.1, 0.15) is 36.0 Å². The van der Waals surface area contributed by atoms with Crippen LogP contribution in [0.5, 0.6) is 0 Å². The summed E-state index contributed by atoms with van der Waals surface area (Å²) in [6.45, 7) is -0.288. The van der Waals surface area contributed by atoms with E-state index in [4.69, 9.17) is 16.3 Å². The number of esters is 1. The number of nitrogens with zero attached hydrogens (tertiary/aromatic N) is 1. The van der Waals surface area contributed by atoms with E-state index in [2.05, 4.69) is 10.3 Å². The summed E-state index contributed by atoms with van der Waals surface area (Å²) < 4.78 is 5.13. The fourth-order valence-corrected chi connectivity index (χ4v) is 3.06. The Morgan fingerprint density at radius 1 is 1.26 bits per heavy atom. The van der Waals surface area contributed by atoms with Crippen LogP contribution in [0.4, 0.5) is 0 Å². The fourth-order valence-electron chi connectivity index (χ4n) is 2.86. The molecule has 0 radical (unpaired) electrons. The van der Waals surface area contributed by atoms with E-state index in [1.54, 1.807) is 12.1 Å². The molecule has 0 saturated heterocycles. The van der Waals surface area contributed by atoms with Crippen molar-refractivity contribution in [1.29, 1.82) is 0 Å². The number of aromatic nitrogens is 1. The highest BCUT2D eigenvalue weighted by Gasteiger charge is 2.19. The highest BCUT2D eigenvalue weighted by atomic mass is 35.5. The van der Waals surface area contributed by atoms with Gasteiger partial charge in [-0.05, 0) is 25.0 Å². The lowest BCUT2D eigenvalue weighted by Crippen LogP contribution is -2.35. The second-order valence-corrected chi connectivity index (χ2v) is 6.02. The van der Waals surface area contributed by atoms with Gasteiger partial charge in [0.15, 0.2) is 6.61 Å². The van der Waals surface area contributed by atoms with Gasteiger partial charge in [0.2, 0.25) is 0 Å². The molecule has 0 unspecified atom stereocenters. The van der Waals surface area contributed by atoms with Gasteiger partial charge in [0, 0.05) is 11.4 Å². The number of pyridine rings is 1. The molecule has 1 saturated carbocycles. The minimum atomic E-state index is -0.577. The van der Waals surface area contributed by atoms with Crippen LogP contribution in [0.25, 0.3) is 10.9 Å². The van der Waals surface area contributed by atoms with Gasteiger partial charge in [-0.25, -0.2) is 9.78 Å². The van der Waals surface area contributed by atoms with Crippen molar-refractivity contribution in [3.05, 3.63) is 41.0 Å². The number of hydrogen-bond acceptors (Lipinski definition) is 4. The van der Waals surface area contributed by atoms with E-state index in [0.29, 0.717) is 16.5 Å². The van der Waals surface area contributed by atoms with E-state index in [9.17, 15) is 9.59 Å². The van der Waals surface area contributed by atoms with Crippen LogP contribution in [0, 0.1) is 0 Å². The Kier molecular flexibility index (Phi) is 4.76. The number of nitrogens with one attached hydrogen (secondary N) is 1. The first kappa shape index (κ1) is 15.7. The van der Waals surface area contributed by atoms with Crippen LogP contribution in [0.2, 0.25) is 5.15 Å². The Balaban J connectivity index is 1.67. The predicted octanol–water partition coefficient (Wildman–Crippen LogP) is 3.10. The second-order valence-electron chi connectivity index (χ2n) is 5.63. The average Bonchev–Trinajstić information content (AvgIpc) is 3.04. The zero-order chi connectivity index (χ0) is 16.2. The van der Waals surface area contributed by atoms with Gasteiger partial charge in [0.05, 0.1) is 11.1 Å². The quantitative estimate of drug-likeness (QED) is 0.690. The number of ether oxygens (including phenoxy) is 1. The third-order valence-electron chi connectivity index (χ3n) is 3.96. The van der Waals surface area contributed by atoms with Gasteiger partial charge in [-0.1, -0.05) is 42.6 Å². The van der Waals surface area contributed by atoms with Gasteiger partial charge >= 0.3 is 5.97 Å². The number of hydrogen-bond donors (Lipinski definition) is 1. The van der Waals surface area contributed by atoms with Crippen LogP contribution >= 0.6 is 11.6 Å². The minimum Gasteiger partial charge on any atom is -0.452 e. The van der Waals surface area contributed by atoms with Crippen LogP contribution in [0.15, 0.2) is 30.3 Å². The molecule has 1 fully saturated rings. The first-order valence-corrected chi connectivity index (χ1v) is 8.03. The average molecular weight is 333 g/mol. The number of amides is 1. The zero-order valence-corrected chi connectivity index (χ0v) is 13.3. The Bertz CT molecular complexity index is 742. The van der Waals surface area contributed by atoms with Gasteiger partial charge in [-0.15, -0.1) is 0 Å². The first-order valence-electron chi connectivity index (χ1n) is 7.65. The Morgan fingerprint density at radius 3 is 2.78 bits per heavy atom. The molecule has 23 heavy (non-hydrogen) atoms. The normalized spacial score (nSPS) is 14.8. The molecule has 6 heteroatoms. The number of benzene rings is 1. The molecule has 120 valence electrons. The molecule has 2 aromatic rings. The van der Waals surface area contributed by atoms with Crippen molar-refractivity contribution >= 4 is 34.4 Å². The Labute approximate surface area is 139 Å². The van der Waals surface area contributed by atoms with E-state index in [1.807, 2.05) is 12.1 Å². The molecule has 1 aliphatic rings. The number of carbonyl (C=O) groups excluding carboxylic acids is 2. The minimum absolute atomic E-state index is 0.206. The third kappa shape index (κ3) is 3.79. The van der Waals surface area contributed by atoms with Gasteiger partial charge in [-0.3, -0.25) is 4.79 Å². The topological polar surface area (TPSA) is 68.3 Å². The van der Waals surface area contributed by atoms with Crippen molar-refractivity contribution in [2.75, 3.05) is 6.61 Å². The summed E-state index contributed by atoms with van der Waals surface area (Å²) in [6.07, 6.45) is 4.24. The van der Waals surface area contributed by atoms with Crippen molar-refractivity contribution in [2.45, 2.75) is 31.7 Å². The number of rotatable bonds is 4. The summed E-state index contributed by atoms with van der Waals surface area (Å²) in [5, 5.41) is 3.74. The van der Waals surface area contributed by atoms with Crippen molar-refractivity contribution < 1.29 is 14.3 Å². The van der Waals surface area contributed by atoms with Crippen molar-refractivity contribution in [3.8, 4) is 0 Å². The lowest BCUT2D eigenvalue weighted by atomic mass is 10.1. The van der Waals surface area contributed by atoms with Crippen molar-refractivity contribution in [3.63, 3.8) is 0 Å². The second kappa shape index (κ2) is 6.96. The summed E-state index contributed by atoms with van der Waals surface area (Å²) in [4.78, 5) is 28.3. The molecule has 0 atom stereocenters. The van der Waals surface area contributed by atoms with Crippen molar-refractivity contribution in [2.24, 2.45) is 0 Å². The lowest BCUT2D eigenvalue weighted by molar-refractivity contribution is -0.124. The third-order valence-corrected chi connectivity index (χ3v) is 4.15. The summed E-state index contributed by atoms with van der Waals surface area (Å²) in [7, 11) is 0. The lowest BCUT2D eigenvalue weighted by Gasteiger charge is -2.12. The molecule has 1 heterocycles. The predicted molar refractivity (Wildman–Crippen MR) is 87.4 cm³/mol. The zero-order valence-electron chi connectivity index (χ0n) is 12.5. The molecule has 1 aromatic heterocycles. The number of fused-ring (bicyclic) bond motifs is 1. The van der Waals surface area contributed by atoms with Crippen LogP contribution in [0.3, 0.4) is 0 Å². The van der Waals surface area contributed by atoms with Gasteiger partial charge in [-0.2, -0.15) is 0 Å². The van der Waals surface area contributed by atoms with Crippen LogP contribution in [-0.2, 0) is 9.53 Å². The maximum Gasteiger partial charge on any atom is 0.339 e. The number of para-hydroxylation sites is 1. The number of halogens is 1. The Morgan fingerprint density at radius 2 is 2.00 bits per heavy atom. The SMILES string of the molecule is O=C(COC(=O)c1cc(Cl)nc2ccccc12)NC1CCCC1. The molecule has 0 bridgehead atoms. The molecule has 0 aliphatic heterocycles. The number of carbonyl (C=O) groups is 2. The standard InChI is InChI=1S/C17H17ClN2O3/c18-15-9-13(12-7-3-4-8-14(12)20-15)17(22)23-10-16(21)19-11-5-1-2-6-11/h3-4,7-9,11H,1-2,5-6,10H2,(H,19,21).